The Morgan fingerprint density at radius 3 is 2.54 bits per heavy atom. The normalized spacial score (nSPS) is 20.6. The number of carbonyl (C=O) groups excluding carboxylic acids is 2. The number of methoxy groups -OCH3 is 1. The molecule has 35 heavy (non-hydrogen) atoms. The predicted molar refractivity (Wildman–Crippen MR) is 138 cm³/mol. The van der Waals surface area contributed by atoms with Crippen molar-refractivity contribution >= 4 is 23.1 Å². The first kappa shape index (κ1) is 22.9. The number of para-hydroxylation sites is 2. The maximum absolute atomic E-state index is 14.1. The summed E-state index contributed by atoms with van der Waals surface area (Å²) in [4.78, 5) is 29.7. The molecule has 178 valence electrons. The molecule has 2 aliphatic rings. The van der Waals surface area contributed by atoms with Crippen molar-refractivity contribution < 1.29 is 14.3 Å². The maximum Gasteiger partial charge on any atom is 0.232 e. The Labute approximate surface area is 206 Å². The largest absolute Gasteiger partial charge is 0.497 e. The zero-order chi connectivity index (χ0) is 24.6. The van der Waals surface area contributed by atoms with Crippen LogP contribution in [-0.4, -0.2) is 18.8 Å². The number of fused-ring (bicyclic) bond motifs is 2. The highest BCUT2D eigenvalue weighted by Gasteiger charge is 2.46. The Hall–Kier alpha value is -3.86. The standard InChI is InChI=1S/C30H30N2O3/c1-30(2)18-24-28(26(33)19-30)29(21-12-9-13-22(17-21)35-3)32(25-15-8-7-14-23(25)31-24)27(34)16-20-10-5-4-6-11-20/h4-15,17-18,28-29,31H,16,19H2,1-3H3. The van der Waals surface area contributed by atoms with Gasteiger partial charge in [-0.2, -0.15) is 0 Å². The molecule has 5 rings (SSSR count). The first-order chi connectivity index (χ1) is 16.9. The lowest BCUT2D eigenvalue weighted by Crippen LogP contribution is -2.44. The van der Waals surface area contributed by atoms with Crippen molar-refractivity contribution in [1.29, 1.82) is 0 Å². The van der Waals surface area contributed by atoms with Crippen LogP contribution in [0.15, 0.2) is 90.6 Å². The topological polar surface area (TPSA) is 58.6 Å². The van der Waals surface area contributed by atoms with Gasteiger partial charge >= 0.3 is 0 Å². The molecule has 0 fully saturated rings. The van der Waals surface area contributed by atoms with Crippen molar-refractivity contribution in [1.82, 2.24) is 0 Å². The number of benzene rings is 3. The van der Waals surface area contributed by atoms with Crippen molar-refractivity contribution in [3.05, 3.63) is 102 Å². The summed E-state index contributed by atoms with van der Waals surface area (Å²) in [5.41, 5.74) is 3.97. The van der Waals surface area contributed by atoms with Gasteiger partial charge in [0, 0.05) is 12.1 Å². The van der Waals surface area contributed by atoms with Crippen molar-refractivity contribution in [2.24, 2.45) is 11.3 Å². The summed E-state index contributed by atoms with van der Waals surface area (Å²) in [7, 11) is 1.63. The second-order valence-electron chi connectivity index (χ2n) is 10.00. The Bertz CT molecular complexity index is 1300. The Morgan fingerprint density at radius 1 is 1.03 bits per heavy atom. The number of ether oxygens (including phenoxy) is 1. The van der Waals surface area contributed by atoms with Gasteiger partial charge in [-0.05, 0) is 40.8 Å². The molecule has 0 aromatic heterocycles. The van der Waals surface area contributed by atoms with Gasteiger partial charge in [0.1, 0.15) is 11.5 Å². The van der Waals surface area contributed by atoms with E-state index in [9.17, 15) is 9.59 Å². The van der Waals surface area contributed by atoms with Crippen molar-refractivity contribution in [3.8, 4) is 5.75 Å². The molecule has 1 N–H and O–H groups in total. The molecule has 1 heterocycles. The van der Waals surface area contributed by atoms with E-state index in [1.165, 1.54) is 0 Å². The number of Topliss-reactive ketones (excluding diaryl/α,β-unsaturated/α-hetero) is 1. The zero-order valence-electron chi connectivity index (χ0n) is 20.3. The summed E-state index contributed by atoms with van der Waals surface area (Å²) < 4.78 is 5.52. The van der Waals surface area contributed by atoms with Gasteiger partial charge < -0.3 is 15.0 Å². The van der Waals surface area contributed by atoms with Gasteiger partial charge in [-0.15, -0.1) is 0 Å². The van der Waals surface area contributed by atoms with Crippen LogP contribution in [0.4, 0.5) is 11.4 Å². The van der Waals surface area contributed by atoms with Crippen LogP contribution in [-0.2, 0) is 16.0 Å². The van der Waals surface area contributed by atoms with Crippen LogP contribution in [0, 0.1) is 11.3 Å². The fourth-order valence-electron chi connectivity index (χ4n) is 5.31. The highest BCUT2D eigenvalue weighted by molar-refractivity contribution is 6.02. The first-order valence-electron chi connectivity index (χ1n) is 12.0. The minimum Gasteiger partial charge on any atom is -0.497 e. The van der Waals surface area contributed by atoms with Gasteiger partial charge in [0.05, 0.1) is 36.9 Å². The van der Waals surface area contributed by atoms with Gasteiger partial charge in [-0.1, -0.05) is 74.5 Å². The molecular formula is C30H30N2O3. The predicted octanol–water partition coefficient (Wildman–Crippen LogP) is 5.94. The molecule has 1 amide bonds. The smallest absolute Gasteiger partial charge is 0.232 e. The third-order valence-corrected chi connectivity index (χ3v) is 6.80. The number of hydrogen-bond acceptors (Lipinski definition) is 4. The van der Waals surface area contributed by atoms with E-state index in [2.05, 4.69) is 25.2 Å². The van der Waals surface area contributed by atoms with Crippen LogP contribution in [0.5, 0.6) is 5.75 Å². The molecule has 2 unspecified atom stereocenters. The van der Waals surface area contributed by atoms with Crippen LogP contribution >= 0.6 is 0 Å². The lowest BCUT2D eigenvalue weighted by atomic mass is 9.72. The van der Waals surface area contributed by atoms with E-state index in [-0.39, 0.29) is 23.5 Å². The van der Waals surface area contributed by atoms with Crippen LogP contribution < -0.4 is 15.0 Å². The number of nitrogens with one attached hydrogen (secondary N) is 1. The van der Waals surface area contributed by atoms with E-state index in [4.69, 9.17) is 4.74 Å². The number of nitrogens with zero attached hydrogens (tertiary/aromatic N) is 1. The highest BCUT2D eigenvalue weighted by atomic mass is 16.5. The van der Waals surface area contributed by atoms with E-state index < -0.39 is 12.0 Å². The van der Waals surface area contributed by atoms with Gasteiger partial charge in [0.25, 0.3) is 0 Å². The Kier molecular flexibility index (Phi) is 5.93. The lowest BCUT2D eigenvalue weighted by molar-refractivity contribution is -0.125. The highest BCUT2D eigenvalue weighted by Crippen LogP contribution is 2.49. The number of allylic oxidation sites excluding steroid dienone is 1. The monoisotopic (exact) mass is 466 g/mol. The summed E-state index contributed by atoms with van der Waals surface area (Å²) in [6.45, 7) is 4.15. The van der Waals surface area contributed by atoms with Crippen LogP contribution in [0.3, 0.4) is 0 Å². The molecule has 3 aromatic carbocycles. The average Bonchev–Trinajstić information content (AvgIpc) is 2.98. The van der Waals surface area contributed by atoms with Gasteiger partial charge in [0.2, 0.25) is 5.91 Å². The number of amides is 1. The quantitative estimate of drug-likeness (QED) is 0.517. The maximum atomic E-state index is 14.1. The summed E-state index contributed by atoms with van der Waals surface area (Å²) in [5.74, 6) is 0.245. The molecule has 3 aromatic rings. The molecule has 0 saturated carbocycles. The first-order valence-corrected chi connectivity index (χ1v) is 12.0. The molecule has 5 heteroatoms. The van der Waals surface area contributed by atoms with E-state index in [0.717, 1.165) is 28.2 Å². The van der Waals surface area contributed by atoms with Crippen LogP contribution in [0.25, 0.3) is 0 Å². The molecule has 2 atom stereocenters. The van der Waals surface area contributed by atoms with Crippen LogP contribution in [0.1, 0.15) is 37.4 Å². The van der Waals surface area contributed by atoms with E-state index in [0.29, 0.717) is 12.2 Å². The molecule has 0 radical (unpaired) electrons. The average molecular weight is 467 g/mol. The summed E-state index contributed by atoms with van der Waals surface area (Å²) in [5, 5.41) is 3.54. The molecule has 0 spiro atoms. The molecule has 5 nitrogen and oxygen atoms in total. The molecule has 0 bridgehead atoms. The van der Waals surface area contributed by atoms with E-state index >= 15 is 0 Å². The summed E-state index contributed by atoms with van der Waals surface area (Å²) in [6, 6.07) is 24.7. The number of rotatable bonds is 4. The summed E-state index contributed by atoms with van der Waals surface area (Å²) >= 11 is 0. The number of ketones is 1. The van der Waals surface area contributed by atoms with Crippen molar-refractivity contribution in [2.45, 2.75) is 32.7 Å². The van der Waals surface area contributed by atoms with Crippen molar-refractivity contribution in [2.75, 3.05) is 17.3 Å². The van der Waals surface area contributed by atoms with Crippen LogP contribution in [0.2, 0.25) is 0 Å². The van der Waals surface area contributed by atoms with E-state index in [1.54, 1.807) is 7.11 Å². The number of carbonyl (C=O) groups is 2. The lowest BCUT2D eigenvalue weighted by Gasteiger charge is -2.39. The van der Waals surface area contributed by atoms with Gasteiger partial charge in [-0.3, -0.25) is 9.59 Å². The van der Waals surface area contributed by atoms with Gasteiger partial charge in [-0.25, -0.2) is 0 Å². The second kappa shape index (κ2) is 9.06. The third-order valence-electron chi connectivity index (χ3n) is 6.80. The third kappa shape index (κ3) is 4.46. The SMILES string of the molecule is COc1cccc(C2C3C(=O)CC(C)(C)C=C3Nc3ccccc3N2C(=O)Cc2ccccc2)c1. The van der Waals surface area contributed by atoms with Gasteiger partial charge in [0.15, 0.2) is 0 Å². The Balaban J connectivity index is 1.72. The fraction of sp³-hybridized carbons (Fsp3) is 0.267. The van der Waals surface area contributed by atoms with Crippen molar-refractivity contribution in [3.63, 3.8) is 0 Å². The van der Waals surface area contributed by atoms with E-state index in [1.807, 2.05) is 83.8 Å². The molecule has 1 aliphatic carbocycles. The second-order valence-corrected chi connectivity index (χ2v) is 10.00. The number of anilines is 2. The zero-order valence-corrected chi connectivity index (χ0v) is 20.3. The Morgan fingerprint density at radius 2 is 1.77 bits per heavy atom. The molecule has 0 saturated heterocycles. The number of hydrogen-bond donors (Lipinski definition) is 1. The molecule has 1 aliphatic heterocycles. The molecular weight excluding hydrogens is 436 g/mol. The minimum absolute atomic E-state index is 0.0582. The minimum atomic E-state index is -0.512. The fourth-order valence-corrected chi connectivity index (χ4v) is 5.31. The summed E-state index contributed by atoms with van der Waals surface area (Å²) in [6.07, 6.45) is 2.82.